The average Bonchev–Trinajstić information content (AvgIpc) is 3.30. The standard InChI is InChI=1S/C18H30ClN13O/c19-14-16(21)25-15(20)13(24-14)17(33)26-18(22)23-5-1-2-6-31-8-10-32(11-9-31)7-3-4-12-27-29-30-28-12/h1-11H2,(H4,20,21,25)(H3,22,23,26,33)(H,27,28,29,30). The fourth-order valence-corrected chi connectivity index (χ4v) is 3.58. The zero-order valence-corrected chi connectivity index (χ0v) is 19.1. The van der Waals surface area contributed by atoms with Gasteiger partial charge in [-0.2, -0.15) is 5.21 Å². The maximum atomic E-state index is 12.2. The van der Waals surface area contributed by atoms with Crippen LogP contribution in [0.25, 0.3) is 0 Å². The van der Waals surface area contributed by atoms with Crippen LogP contribution in [0.5, 0.6) is 0 Å². The highest BCUT2D eigenvalue weighted by Crippen LogP contribution is 2.17. The van der Waals surface area contributed by atoms with Crippen LogP contribution in [0.2, 0.25) is 5.15 Å². The second-order valence-corrected chi connectivity index (χ2v) is 8.03. The molecule has 1 saturated heterocycles. The molecule has 0 aliphatic carbocycles. The number of H-pyrrole nitrogens is 1. The third-order valence-electron chi connectivity index (χ3n) is 5.25. The lowest BCUT2D eigenvalue weighted by Crippen LogP contribution is -2.46. The molecule has 15 heteroatoms. The van der Waals surface area contributed by atoms with Gasteiger partial charge in [-0.05, 0) is 32.4 Å². The Bertz CT molecular complexity index is 928. The van der Waals surface area contributed by atoms with E-state index in [-0.39, 0.29) is 28.4 Å². The van der Waals surface area contributed by atoms with Crippen LogP contribution in [-0.4, -0.2) is 98.1 Å². The number of halogens is 1. The highest BCUT2D eigenvalue weighted by atomic mass is 35.5. The summed E-state index contributed by atoms with van der Waals surface area (Å²) in [6, 6.07) is 0. The third-order valence-corrected chi connectivity index (χ3v) is 5.53. The van der Waals surface area contributed by atoms with Gasteiger partial charge in [-0.25, -0.2) is 9.97 Å². The van der Waals surface area contributed by atoms with E-state index in [1.165, 1.54) is 0 Å². The van der Waals surface area contributed by atoms with Gasteiger partial charge in [-0.15, -0.1) is 10.2 Å². The van der Waals surface area contributed by atoms with Crippen molar-refractivity contribution in [3.05, 3.63) is 16.7 Å². The van der Waals surface area contributed by atoms with Crippen LogP contribution in [0.3, 0.4) is 0 Å². The quantitative estimate of drug-likeness (QED) is 0.156. The summed E-state index contributed by atoms with van der Waals surface area (Å²) in [7, 11) is 0. The number of amides is 1. The van der Waals surface area contributed by atoms with Crippen molar-refractivity contribution in [2.24, 2.45) is 10.7 Å². The van der Waals surface area contributed by atoms with E-state index in [9.17, 15) is 4.79 Å². The Morgan fingerprint density at radius 3 is 2.42 bits per heavy atom. The Morgan fingerprint density at radius 1 is 1.06 bits per heavy atom. The second kappa shape index (κ2) is 12.2. The zero-order valence-electron chi connectivity index (χ0n) is 18.4. The molecule has 0 radical (unpaired) electrons. The number of aromatic amines is 1. The fourth-order valence-electron chi connectivity index (χ4n) is 3.46. The number of aromatic nitrogens is 6. The molecule has 2 aromatic heterocycles. The number of hydrogen-bond donors (Lipinski definition) is 5. The molecule has 1 fully saturated rings. The van der Waals surface area contributed by atoms with Gasteiger partial charge in [0.2, 0.25) is 0 Å². The number of hydrogen-bond acceptors (Lipinski definition) is 11. The van der Waals surface area contributed by atoms with Crippen molar-refractivity contribution in [1.29, 1.82) is 0 Å². The largest absolute Gasteiger partial charge is 0.382 e. The van der Waals surface area contributed by atoms with Crippen LogP contribution < -0.4 is 22.5 Å². The number of aliphatic imine (C=N–C) groups is 1. The first-order valence-electron chi connectivity index (χ1n) is 10.8. The molecule has 3 rings (SSSR count). The molecule has 0 spiro atoms. The Morgan fingerprint density at radius 2 is 1.76 bits per heavy atom. The lowest BCUT2D eigenvalue weighted by molar-refractivity contribution is 0.0972. The molecule has 8 N–H and O–H groups in total. The smallest absolute Gasteiger partial charge is 0.280 e. The van der Waals surface area contributed by atoms with Crippen molar-refractivity contribution >= 4 is 35.1 Å². The number of unbranched alkanes of at least 4 members (excludes halogenated alkanes) is 1. The van der Waals surface area contributed by atoms with E-state index >= 15 is 0 Å². The van der Waals surface area contributed by atoms with Gasteiger partial charge in [-0.1, -0.05) is 16.8 Å². The number of guanidine groups is 1. The Hall–Kier alpha value is -3.10. The number of tetrazole rings is 1. The summed E-state index contributed by atoms with van der Waals surface area (Å²) in [4.78, 5) is 28.9. The zero-order chi connectivity index (χ0) is 23.6. The van der Waals surface area contributed by atoms with Crippen molar-refractivity contribution in [3.63, 3.8) is 0 Å². The van der Waals surface area contributed by atoms with Gasteiger partial charge < -0.3 is 27.0 Å². The number of anilines is 2. The van der Waals surface area contributed by atoms with Crippen LogP contribution in [0, 0.1) is 0 Å². The molecule has 0 bridgehead atoms. The number of nitrogens with zero attached hydrogens (tertiary/aromatic N) is 8. The van der Waals surface area contributed by atoms with Crippen molar-refractivity contribution in [2.75, 3.05) is 57.3 Å². The summed E-state index contributed by atoms with van der Waals surface area (Å²) in [5, 5.41) is 16.3. The van der Waals surface area contributed by atoms with Crippen LogP contribution in [0.4, 0.5) is 11.6 Å². The normalized spacial score (nSPS) is 15.6. The molecule has 1 aliphatic rings. The molecule has 180 valence electrons. The summed E-state index contributed by atoms with van der Waals surface area (Å²) in [5.41, 5.74) is 16.8. The SMILES string of the molecule is NC(=NCCCCN1CCN(CCCc2nn[nH]n2)CC1)NC(=O)c1nc(Cl)c(N)nc1N. The van der Waals surface area contributed by atoms with E-state index in [1.807, 2.05) is 0 Å². The van der Waals surface area contributed by atoms with E-state index < -0.39 is 5.91 Å². The highest BCUT2D eigenvalue weighted by molar-refractivity contribution is 6.31. The Kier molecular flexibility index (Phi) is 9.09. The van der Waals surface area contributed by atoms with Crippen LogP contribution >= 0.6 is 11.6 Å². The lowest BCUT2D eigenvalue weighted by Gasteiger charge is -2.34. The number of rotatable bonds is 10. The van der Waals surface area contributed by atoms with Crippen molar-refractivity contribution in [3.8, 4) is 0 Å². The van der Waals surface area contributed by atoms with Gasteiger partial charge in [0, 0.05) is 39.1 Å². The Labute approximate surface area is 196 Å². The predicted octanol–water partition coefficient (Wildman–Crippen LogP) is -1.12. The second-order valence-electron chi connectivity index (χ2n) is 7.68. The predicted molar refractivity (Wildman–Crippen MR) is 124 cm³/mol. The van der Waals surface area contributed by atoms with Crippen molar-refractivity contribution < 1.29 is 4.79 Å². The Balaban J connectivity index is 1.27. The van der Waals surface area contributed by atoms with Crippen LogP contribution in [0.15, 0.2) is 4.99 Å². The van der Waals surface area contributed by atoms with Gasteiger partial charge in [-0.3, -0.25) is 15.1 Å². The third kappa shape index (κ3) is 7.76. The van der Waals surface area contributed by atoms with E-state index in [0.717, 1.165) is 70.8 Å². The lowest BCUT2D eigenvalue weighted by atomic mass is 10.2. The van der Waals surface area contributed by atoms with E-state index in [2.05, 4.69) is 50.7 Å². The maximum absolute atomic E-state index is 12.2. The first-order chi connectivity index (χ1) is 15.9. The molecule has 1 aliphatic heterocycles. The van der Waals surface area contributed by atoms with E-state index in [1.54, 1.807) is 0 Å². The topological polar surface area (TPSA) is 206 Å². The summed E-state index contributed by atoms with van der Waals surface area (Å²) >= 11 is 5.79. The van der Waals surface area contributed by atoms with Crippen LogP contribution in [0.1, 0.15) is 35.6 Å². The minimum Gasteiger partial charge on any atom is -0.382 e. The molecule has 0 saturated carbocycles. The number of nitrogens with two attached hydrogens (primary N) is 3. The van der Waals surface area contributed by atoms with Gasteiger partial charge in [0.15, 0.2) is 34.3 Å². The molecule has 0 atom stereocenters. The molecule has 14 nitrogen and oxygen atoms in total. The number of aryl methyl sites for hydroxylation is 1. The minimum absolute atomic E-state index is 0.0106. The van der Waals surface area contributed by atoms with E-state index in [4.69, 9.17) is 28.8 Å². The highest BCUT2D eigenvalue weighted by Gasteiger charge is 2.17. The van der Waals surface area contributed by atoms with Crippen LogP contribution in [-0.2, 0) is 6.42 Å². The monoisotopic (exact) mass is 479 g/mol. The molecule has 1 amide bonds. The van der Waals surface area contributed by atoms with Gasteiger partial charge in [0.05, 0.1) is 0 Å². The van der Waals surface area contributed by atoms with Crippen molar-refractivity contribution in [2.45, 2.75) is 25.7 Å². The number of carbonyl (C=O) groups is 1. The fraction of sp³-hybridized carbons (Fsp3) is 0.611. The van der Waals surface area contributed by atoms with Gasteiger partial charge in [0.1, 0.15) is 0 Å². The number of nitrogen functional groups attached to an aromatic ring is 2. The number of nitrogens with one attached hydrogen (secondary N) is 2. The molecular formula is C18H30ClN13O. The molecule has 0 aromatic carbocycles. The minimum atomic E-state index is -0.640. The number of carbonyl (C=O) groups excluding carboxylic acids is 1. The van der Waals surface area contributed by atoms with E-state index in [0.29, 0.717) is 6.54 Å². The first kappa shape index (κ1) is 24.5. The summed E-state index contributed by atoms with van der Waals surface area (Å²) in [6.45, 7) is 6.78. The molecular weight excluding hydrogens is 450 g/mol. The van der Waals surface area contributed by atoms with Gasteiger partial charge >= 0.3 is 0 Å². The summed E-state index contributed by atoms with van der Waals surface area (Å²) in [5.74, 6) is -0.0608. The van der Waals surface area contributed by atoms with Crippen molar-refractivity contribution in [1.82, 2.24) is 45.7 Å². The first-order valence-corrected chi connectivity index (χ1v) is 11.2. The summed E-state index contributed by atoms with van der Waals surface area (Å²) < 4.78 is 0. The maximum Gasteiger partial charge on any atom is 0.280 e. The average molecular weight is 480 g/mol. The van der Waals surface area contributed by atoms with Gasteiger partial charge in [0.25, 0.3) is 5.91 Å². The number of piperazine rings is 1. The summed E-state index contributed by atoms with van der Waals surface area (Å²) in [6.07, 6.45) is 3.72. The molecule has 2 aromatic rings. The molecule has 3 heterocycles. The molecule has 0 unspecified atom stereocenters. The molecule has 33 heavy (non-hydrogen) atoms.